The minimum Gasteiger partial charge on any atom is -0.652 e. The Morgan fingerprint density at radius 2 is 0.500 bits per heavy atom. The SMILES string of the molecule is O=C([O-])[O-].c1ccc([P+](c2ccccc2)(c2ccccc2)C2CCCC2)cc1.c1ccc([P+](c2ccccc2)(c2ccccc2)C2CCCC2)cc1. The van der Waals surface area contributed by atoms with Crippen LogP contribution in [0.5, 0.6) is 0 Å². The fourth-order valence-electron chi connectivity index (χ4n) is 8.72. The number of carbonyl (C=O) groups is 1. The Bertz CT molecular complexity index is 1570. The van der Waals surface area contributed by atoms with Crippen molar-refractivity contribution in [1.29, 1.82) is 0 Å². The highest BCUT2D eigenvalue weighted by Crippen LogP contribution is 2.65. The lowest BCUT2D eigenvalue weighted by molar-refractivity contribution is -0.415. The van der Waals surface area contributed by atoms with Crippen molar-refractivity contribution in [3.63, 3.8) is 0 Å². The lowest BCUT2D eigenvalue weighted by atomic mass is 10.3. The van der Waals surface area contributed by atoms with Gasteiger partial charge in [-0.15, -0.1) is 0 Å². The third-order valence-electron chi connectivity index (χ3n) is 10.7. The van der Waals surface area contributed by atoms with E-state index < -0.39 is 20.7 Å². The molecule has 0 heterocycles. The Morgan fingerprint density at radius 1 is 0.346 bits per heavy atom. The van der Waals surface area contributed by atoms with Crippen molar-refractivity contribution in [3.8, 4) is 0 Å². The van der Waals surface area contributed by atoms with E-state index in [0.29, 0.717) is 0 Å². The lowest BCUT2D eigenvalue weighted by Crippen LogP contribution is -2.37. The Hall–Kier alpha value is -4.55. The molecule has 3 nitrogen and oxygen atoms in total. The van der Waals surface area contributed by atoms with Crippen molar-refractivity contribution >= 4 is 52.5 Å². The summed E-state index contributed by atoms with van der Waals surface area (Å²) in [4.78, 5) is 8.33. The summed E-state index contributed by atoms with van der Waals surface area (Å²) < 4.78 is 0. The topological polar surface area (TPSA) is 63.2 Å². The number of carbonyl (C=O) groups excluding carboxylic acids is 1. The molecule has 0 radical (unpaired) electrons. The highest BCUT2D eigenvalue weighted by Gasteiger charge is 2.54. The zero-order valence-corrected chi connectivity index (χ0v) is 31.5. The van der Waals surface area contributed by atoms with Crippen LogP contribution in [-0.2, 0) is 0 Å². The van der Waals surface area contributed by atoms with Gasteiger partial charge in [0.1, 0.15) is 46.4 Å². The summed E-state index contributed by atoms with van der Waals surface area (Å²) in [5.41, 5.74) is 1.54. The van der Waals surface area contributed by atoms with E-state index in [1.165, 1.54) is 83.2 Å². The minimum absolute atomic E-state index is 0.768. The Balaban J connectivity index is 0.000000162. The molecular weight excluding hydrogens is 674 g/mol. The molecule has 2 aliphatic carbocycles. The maximum Gasteiger partial charge on any atom is 0.115 e. The van der Waals surface area contributed by atoms with Crippen LogP contribution in [0.4, 0.5) is 4.79 Å². The van der Waals surface area contributed by atoms with Crippen LogP contribution >= 0.6 is 14.5 Å². The van der Waals surface area contributed by atoms with Gasteiger partial charge in [-0.3, -0.25) is 0 Å². The average Bonchev–Trinajstić information content (AvgIpc) is 3.95. The first-order valence-corrected chi connectivity index (χ1v) is 22.3. The zero-order valence-electron chi connectivity index (χ0n) is 29.8. The fourth-order valence-corrected chi connectivity index (χ4v) is 19.2. The van der Waals surface area contributed by atoms with Crippen LogP contribution in [-0.4, -0.2) is 17.5 Å². The van der Waals surface area contributed by atoms with Gasteiger partial charge in [0, 0.05) is 0 Å². The van der Waals surface area contributed by atoms with Gasteiger partial charge in [0.2, 0.25) is 0 Å². The van der Waals surface area contributed by atoms with Gasteiger partial charge in [-0.25, -0.2) is 0 Å². The summed E-state index contributed by atoms with van der Waals surface area (Å²) in [6.45, 7) is 0. The van der Waals surface area contributed by atoms with E-state index in [1.807, 2.05) is 0 Å². The molecule has 2 fully saturated rings. The van der Waals surface area contributed by atoms with E-state index >= 15 is 0 Å². The Morgan fingerprint density at radius 3 is 0.654 bits per heavy atom. The number of hydrogen-bond acceptors (Lipinski definition) is 3. The molecule has 0 unspecified atom stereocenters. The quantitative estimate of drug-likeness (QED) is 0.154. The smallest absolute Gasteiger partial charge is 0.115 e. The molecule has 8 rings (SSSR count). The summed E-state index contributed by atoms with van der Waals surface area (Å²) >= 11 is 0. The summed E-state index contributed by atoms with van der Waals surface area (Å²) in [5, 5.41) is 25.9. The molecule has 0 aliphatic heterocycles. The van der Waals surface area contributed by atoms with Crippen LogP contribution in [0.2, 0.25) is 0 Å². The maximum atomic E-state index is 8.33. The van der Waals surface area contributed by atoms with Gasteiger partial charge >= 0.3 is 0 Å². The van der Waals surface area contributed by atoms with Crippen molar-refractivity contribution in [2.75, 3.05) is 0 Å². The molecule has 0 N–H and O–H groups in total. The second kappa shape index (κ2) is 18.3. The van der Waals surface area contributed by atoms with Crippen molar-refractivity contribution in [2.24, 2.45) is 0 Å². The second-order valence-electron chi connectivity index (χ2n) is 13.6. The molecule has 6 aromatic carbocycles. The highest BCUT2D eigenvalue weighted by molar-refractivity contribution is 7.96. The molecule has 0 atom stereocenters. The first-order chi connectivity index (χ1) is 25.6. The van der Waals surface area contributed by atoms with Crippen LogP contribution in [0.3, 0.4) is 0 Å². The first-order valence-electron chi connectivity index (χ1n) is 18.6. The van der Waals surface area contributed by atoms with E-state index in [1.54, 1.807) is 0 Å². The number of benzene rings is 6. The Kier molecular flexibility index (Phi) is 13.1. The van der Waals surface area contributed by atoms with Crippen LogP contribution in [0, 0.1) is 0 Å². The van der Waals surface area contributed by atoms with Crippen LogP contribution in [0.1, 0.15) is 51.4 Å². The van der Waals surface area contributed by atoms with E-state index in [4.69, 9.17) is 15.0 Å². The molecule has 2 aliphatic rings. The largest absolute Gasteiger partial charge is 0.652 e. The third kappa shape index (κ3) is 8.08. The summed E-state index contributed by atoms with van der Waals surface area (Å²) in [6.07, 6.45) is 8.58. The van der Waals surface area contributed by atoms with E-state index in [2.05, 4.69) is 182 Å². The van der Waals surface area contributed by atoms with Gasteiger partial charge < -0.3 is 15.0 Å². The molecule has 0 aromatic heterocycles. The highest BCUT2D eigenvalue weighted by atomic mass is 31.2. The molecule has 0 bridgehead atoms. The molecular formula is C47H48O3P2. The first kappa shape index (κ1) is 37.2. The van der Waals surface area contributed by atoms with Crippen molar-refractivity contribution < 1.29 is 15.0 Å². The predicted molar refractivity (Wildman–Crippen MR) is 220 cm³/mol. The van der Waals surface area contributed by atoms with Gasteiger partial charge in [0.15, 0.2) is 0 Å². The molecule has 0 saturated heterocycles. The van der Waals surface area contributed by atoms with Crippen molar-refractivity contribution in [1.82, 2.24) is 0 Å². The molecule has 264 valence electrons. The maximum absolute atomic E-state index is 8.33. The molecule has 5 heteroatoms. The summed E-state index contributed by atoms with van der Waals surface area (Å²) in [6, 6.07) is 67.8. The van der Waals surface area contributed by atoms with Gasteiger partial charge in [-0.1, -0.05) is 109 Å². The summed E-state index contributed by atoms with van der Waals surface area (Å²) in [5.74, 6) is 0. The Labute approximate surface area is 311 Å². The molecule has 0 amide bonds. The zero-order chi connectivity index (χ0) is 36.1. The monoisotopic (exact) mass is 722 g/mol. The molecule has 52 heavy (non-hydrogen) atoms. The molecule has 2 saturated carbocycles. The van der Waals surface area contributed by atoms with Crippen LogP contribution in [0.25, 0.3) is 0 Å². The normalized spacial score (nSPS) is 14.8. The van der Waals surface area contributed by atoms with E-state index in [9.17, 15) is 0 Å². The minimum atomic E-state index is -2.33. The van der Waals surface area contributed by atoms with Gasteiger partial charge in [0.05, 0.1) is 11.3 Å². The van der Waals surface area contributed by atoms with Gasteiger partial charge in [0.25, 0.3) is 0 Å². The van der Waals surface area contributed by atoms with Gasteiger partial charge in [-0.2, -0.15) is 0 Å². The second-order valence-corrected chi connectivity index (χ2v) is 21.0. The van der Waals surface area contributed by atoms with E-state index in [-0.39, 0.29) is 0 Å². The van der Waals surface area contributed by atoms with Crippen LogP contribution in [0.15, 0.2) is 182 Å². The summed E-state index contributed by atoms with van der Waals surface area (Å²) in [7, 11) is -3.20. The molecule has 0 spiro atoms. The van der Waals surface area contributed by atoms with Crippen molar-refractivity contribution in [2.45, 2.75) is 62.7 Å². The number of rotatable bonds is 8. The standard InChI is InChI=1S/2C23H24P.CH2O3/c2*1-4-12-20(13-5-1)24(23-18-10-11-19-23,21-14-6-2-7-15-21)22-16-8-3-9-17-22;2-1(3)4/h2*1-9,12-17,23H,10-11,18-19H2;(H2,2,3,4)/q2*+1;/p-2. The fraction of sp³-hybridized carbons (Fsp3) is 0.213. The lowest BCUT2D eigenvalue weighted by Gasteiger charge is -2.32. The number of carboxylic acid groups (broad SMARTS) is 2. The number of hydrogen-bond donors (Lipinski definition) is 0. The predicted octanol–water partition coefficient (Wildman–Crippen LogP) is 7.40. The third-order valence-corrected chi connectivity index (χ3v) is 20.6. The average molecular weight is 723 g/mol. The molecule has 6 aromatic rings. The van der Waals surface area contributed by atoms with E-state index in [0.717, 1.165) is 11.3 Å². The van der Waals surface area contributed by atoms with Crippen molar-refractivity contribution in [3.05, 3.63) is 182 Å². The van der Waals surface area contributed by atoms with Gasteiger partial charge in [-0.05, 0) is 130 Å². The van der Waals surface area contributed by atoms with Crippen LogP contribution < -0.4 is 42.0 Å².